The maximum atomic E-state index is 11.9. The van der Waals surface area contributed by atoms with Crippen molar-refractivity contribution >= 4 is 23.6 Å². The Morgan fingerprint density at radius 2 is 2.05 bits per heavy atom. The van der Waals surface area contributed by atoms with Crippen molar-refractivity contribution in [3.63, 3.8) is 0 Å². The lowest BCUT2D eigenvalue weighted by Crippen LogP contribution is -2.36. The van der Waals surface area contributed by atoms with E-state index in [2.05, 4.69) is 6.58 Å². The highest BCUT2D eigenvalue weighted by Gasteiger charge is 2.16. The third-order valence-electron chi connectivity index (χ3n) is 2.31. The minimum Gasteiger partial charge on any atom is -0.465 e. The molecular weight excluding hydrogens is 264 g/mol. The van der Waals surface area contributed by atoms with Crippen molar-refractivity contribution in [3.8, 4) is 0 Å². The number of nitrogens with zero attached hydrogens (tertiary/aromatic N) is 1. The van der Waals surface area contributed by atoms with Gasteiger partial charge in [0.25, 0.3) is 0 Å². The average molecular weight is 288 g/mol. The number of carbonyl (C=O) groups is 2. The SMILES string of the molecule is C=C(C)CN(CC)C(=O)CSCC(N)C(=O)OCC. The van der Waals surface area contributed by atoms with Crippen molar-refractivity contribution < 1.29 is 14.3 Å². The molecule has 1 amide bonds. The summed E-state index contributed by atoms with van der Waals surface area (Å²) < 4.78 is 4.80. The number of esters is 1. The van der Waals surface area contributed by atoms with Gasteiger partial charge in [-0.15, -0.1) is 11.8 Å². The number of hydrogen-bond donors (Lipinski definition) is 1. The van der Waals surface area contributed by atoms with Crippen LogP contribution < -0.4 is 5.73 Å². The smallest absolute Gasteiger partial charge is 0.323 e. The van der Waals surface area contributed by atoms with Crippen LogP contribution in [0.25, 0.3) is 0 Å². The van der Waals surface area contributed by atoms with Crippen LogP contribution in [0.15, 0.2) is 12.2 Å². The molecule has 0 aliphatic carbocycles. The fourth-order valence-electron chi connectivity index (χ4n) is 1.38. The first-order valence-corrected chi connectivity index (χ1v) is 7.49. The van der Waals surface area contributed by atoms with Gasteiger partial charge in [-0.25, -0.2) is 0 Å². The lowest BCUT2D eigenvalue weighted by atomic mass is 10.3. The summed E-state index contributed by atoms with van der Waals surface area (Å²) in [6.07, 6.45) is 0. The normalized spacial score (nSPS) is 11.8. The van der Waals surface area contributed by atoms with Gasteiger partial charge in [-0.05, 0) is 20.8 Å². The Bertz CT molecular complexity index is 321. The van der Waals surface area contributed by atoms with E-state index in [1.165, 1.54) is 11.8 Å². The quantitative estimate of drug-likeness (QED) is 0.507. The van der Waals surface area contributed by atoms with Gasteiger partial charge in [0.1, 0.15) is 6.04 Å². The standard InChI is InChI=1S/C13H24N2O3S/c1-5-15(7-10(3)4)12(16)9-19-8-11(14)13(17)18-6-2/h11H,3,5-9,14H2,1-2,4H3. The zero-order chi connectivity index (χ0) is 14.8. The lowest BCUT2D eigenvalue weighted by molar-refractivity contribution is -0.144. The minimum atomic E-state index is -0.672. The van der Waals surface area contributed by atoms with Gasteiger partial charge in [-0.3, -0.25) is 9.59 Å². The highest BCUT2D eigenvalue weighted by molar-refractivity contribution is 8.00. The van der Waals surface area contributed by atoms with Crippen LogP contribution >= 0.6 is 11.8 Å². The number of hydrogen-bond acceptors (Lipinski definition) is 5. The zero-order valence-corrected chi connectivity index (χ0v) is 12.8. The van der Waals surface area contributed by atoms with E-state index in [1.54, 1.807) is 11.8 Å². The first kappa shape index (κ1) is 18.0. The summed E-state index contributed by atoms with van der Waals surface area (Å²) >= 11 is 1.35. The zero-order valence-electron chi connectivity index (χ0n) is 12.0. The molecule has 0 heterocycles. The molecule has 2 N–H and O–H groups in total. The highest BCUT2D eigenvalue weighted by Crippen LogP contribution is 2.06. The Hall–Kier alpha value is -1.01. The molecule has 1 unspecified atom stereocenters. The molecule has 19 heavy (non-hydrogen) atoms. The fraction of sp³-hybridized carbons (Fsp3) is 0.692. The van der Waals surface area contributed by atoms with Gasteiger partial charge >= 0.3 is 5.97 Å². The van der Waals surface area contributed by atoms with Gasteiger partial charge in [-0.1, -0.05) is 12.2 Å². The first-order chi connectivity index (χ1) is 8.92. The number of thioether (sulfide) groups is 1. The molecule has 6 heteroatoms. The summed E-state index contributed by atoms with van der Waals surface area (Å²) in [7, 11) is 0. The van der Waals surface area contributed by atoms with E-state index in [0.29, 0.717) is 31.2 Å². The van der Waals surface area contributed by atoms with Crippen molar-refractivity contribution in [3.05, 3.63) is 12.2 Å². The van der Waals surface area contributed by atoms with Crippen molar-refractivity contribution in [2.45, 2.75) is 26.8 Å². The van der Waals surface area contributed by atoms with Crippen molar-refractivity contribution in [2.75, 3.05) is 31.2 Å². The summed E-state index contributed by atoms with van der Waals surface area (Å²) in [5, 5.41) is 0. The van der Waals surface area contributed by atoms with Crippen LogP contribution in [0.5, 0.6) is 0 Å². The number of likely N-dealkylation sites (N-methyl/N-ethyl adjacent to an activating group) is 1. The third kappa shape index (κ3) is 7.89. The van der Waals surface area contributed by atoms with Gasteiger partial charge < -0.3 is 15.4 Å². The molecule has 0 bridgehead atoms. The molecule has 110 valence electrons. The van der Waals surface area contributed by atoms with E-state index in [4.69, 9.17) is 10.5 Å². The molecule has 0 fully saturated rings. The number of rotatable bonds is 9. The summed E-state index contributed by atoms with van der Waals surface area (Å²) in [6, 6.07) is -0.672. The van der Waals surface area contributed by atoms with Crippen LogP contribution in [0, 0.1) is 0 Å². The molecule has 0 aliphatic heterocycles. The molecule has 0 radical (unpaired) electrons. The van der Waals surface area contributed by atoms with Crippen LogP contribution in [0.1, 0.15) is 20.8 Å². The second kappa shape index (κ2) is 9.86. The molecule has 5 nitrogen and oxygen atoms in total. The number of ether oxygens (including phenoxy) is 1. The topological polar surface area (TPSA) is 72.6 Å². The van der Waals surface area contributed by atoms with Crippen LogP contribution in [0.4, 0.5) is 0 Å². The Balaban J connectivity index is 4.01. The van der Waals surface area contributed by atoms with Crippen LogP contribution in [0.3, 0.4) is 0 Å². The van der Waals surface area contributed by atoms with Crippen LogP contribution in [-0.2, 0) is 14.3 Å². The molecule has 1 atom stereocenters. The van der Waals surface area contributed by atoms with E-state index in [9.17, 15) is 9.59 Å². The Kier molecular flexibility index (Phi) is 9.34. The molecule has 0 aromatic carbocycles. The summed E-state index contributed by atoms with van der Waals surface area (Å²) in [6.45, 7) is 10.9. The second-order valence-electron chi connectivity index (χ2n) is 4.24. The van der Waals surface area contributed by atoms with Crippen molar-refractivity contribution in [1.29, 1.82) is 0 Å². The van der Waals surface area contributed by atoms with Crippen molar-refractivity contribution in [1.82, 2.24) is 4.90 Å². The molecule has 0 saturated heterocycles. The van der Waals surface area contributed by atoms with E-state index >= 15 is 0 Å². The minimum absolute atomic E-state index is 0.0339. The molecular formula is C13H24N2O3S. The summed E-state index contributed by atoms with van der Waals surface area (Å²) in [5.74, 6) is 0.312. The largest absolute Gasteiger partial charge is 0.465 e. The van der Waals surface area contributed by atoms with Gasteiger partial charge in [0.2, 0.25) is 5.91 Å². The lowest BCUT2D eigenvalue weighted by Gasteiger charge is -2.21. The Labute approximate surface area is 119 Å². The van der Waals surface area contributed by atoms with E-state index in [1.807, 2.05) is 13.8 Å². The Morgan fingerprint density at radius 1 is 1.42 bits per heavy atom. The molecule has 0 aromatic rings. The fourth-order valence-corrected chi connectivity index (χ4v) is 2.25. The summed E-state index contributed by atoms with van der Waals surface area (Å²) in [4.78, 5) is 24.9. The van der Waals surface area contributed by atoms with E-state index < -0.39 is 12.0 Å². The highest BCUT2D eigenvalue weighted by atomic mass is 32.2. The summed E-state index contributed by atoms with van der Waals surface area (Å²) in [5.41, 5.74) is 6.59. The van der Waals surface area contributed by atoms with Crippen LogP contribution in [0.2, 0.25) is 0 Å². The maximum Gasteiger partial charge on any atom is 0.323 e. The molecule has 0 saturated carbocycles. The van der Waals surface area contributed by atoms with E-state index in [-0.39, 0.29) is 5.91 Å². The van der Waals surface area contributed by atoms with Gasteiger partial charge in [0, 0.05) is 18.8 Å². The number of carbonyl (C=O) groups excluding carboxylic acids is 2. The van der Waals surface area contributed by atoms with Gasteiger partial charge in [-0.2, -0.15) is 0 Å². The molecule has 0 aromatic heterocycles. The van der Waals surface area contributed by atoms with Crippen molar-refractivity contribution in [2.24, 2.45) is 5.73 Å². The predicted molar refractivity (Wildman–Crippen MR) is 79.0 cm³/mol. The van der Waals surface area contributed by atoms with Crippen LogP contribution in [-0.4, -0.2) is 54.0 Å². The Morgan fingerprint density at radius 3 is 2.53 bits per heavy atom. The number of amides is 1. The van der Waals surface area contributed by atoms with E-state index in [0.717, 1.165) is 5.57 Å². The van der Waals surface area contributed by atoms with Gasteiger partial charge in [0.15, 0.2) is 0 Å². The third-order valence-corrected chi connectivity index (χ3v) is 3.35. The molecule has 0 rings (SSSR count). The monoisotopic (exact) mass is 288 g/mol. The maximum absolute atomic E-state index is 11.9. The molecule has 0 spiro atoms. The van der Waals surface area contributed by atoms with Gasteiger partial charge in [0.05, 0.1) is 12.4 Å². The average Bonchev–Trinajstić information content (AvgIpc) is 2.35. The number of nitrogens with two attached hydrogens (primary N) is 1. The molecule has 0 aliphatic rings. The predicted octanol–water partition coefficient (Wildman–Crippen LogP) is 1.03. The first-order valence-electron chi connectivity index (χ1n) is 6.34. The second-order valence-corrected chi connectivity index (χ2v) is 5.27.